The molecule has 0 amide bonds. The molecule has 126 valence electrons. The molecule has 0 saturated carbocycles. The monoisotopic (exact) mass is 324 g/mol. The molecule has 0 spiro atoms. The highest BCUT2D eigenvalue weighted by Gasteiger charge is 2.42. The van der Waals surface area contributed by atoms with Crippen molar-refractivity contribution >= 4 is 8.32 Å². The first-order valence-electron chi connectivity index (χ1n) is 8.17. The van der Waals surface area contributed by atoms with Gasteiger partial charge in [0.1, 0.15) is 6.04 Å². The van der Waals surface area contributed by atoms with Gasteiger partial charge in [0.2, 0.25) is 8.32 Å². The Morgan fingerprint density at radius 1 is 1.27 bits per heavy atom. The van der Waals surface area contributed by atoms with Crippen molar-refractivity contribution in [2.24, 2.45) is 5.41 Å². The summed E-state index contributed by atoms with van der Waals surface area (Å²) in [6.45, 7) is 14.9. The van der Waals surface area contributed by atoms with Crippen LogP contribution in [0.15, 0.2) is 11.8 Å². The van der Waals surface area contributed by atoms with E-state index in [-0.39, 0.29) is 17.0 Å². The number of hydrogen-bond acceptors (Lipinski definition) is 4. The summed E-state index contributed by atoms with van der Waals surface area (Å²) in [6, 6.07) is 2.26. The molecule has 1 aliphatic carbocycles. The second-order valence-electron chi connectivity index (χ2n) is 8.54. The molecule has 1 aliphatic heterocycles. The number of nitrogens with zero attached hydrogens (tertiary/aromatic N) is 2. The summed E-state index contributed by atoms with van der Waals surface area (Å²) < 4.78 is 5.97. The van der Waals surface area contributed by atoms with Crippen molar-refractivity contribution in [2.45, 2.75) is 84.6 Å². The van der Waals surface area contributed by atoms with Crippen molar-refractivity contribution in [2.75, 3.05) is 0 Å². The highest BCUT2D eigenvalue weighted by atomic mass is 28.4. The van der Waals surface area contributed by atoms with Gasteiger partial charge in [-0.15, -0.1) is 0 Å². The van der Waals surface area contributed by atoms with Gasteiger partial charge in [0.25, 0.3) is 0 Å². The first-order chi connectivity index (χ1) is 9.89. The third-order valence-electron chi connectivity index (χ3n) is 4.23. The van der Waals surface area contributed by atoms with Gasteiger partial charge in [-0.05, 0) is 65.2 Å². The first-order valence-corrected chi connectivity index (χ1v) is 11.6. The van der Waals surface area contributed by atoms with Gasteiger partial charge in [0.15, 0.2) is 0 Å². The minimum absolute atomic E-state index is 0.0146. The van der Waals surface area contributed by atoms with Crippen LogP contribution in [0.4, 0.5) is 0 Å². The fourth-order valence-electron chi connectivity index (χ4n) is 2.71. The summed E-state index contributed by atoms with van der Waals surface area (Å²) >= 11 is 0. The van der Waals surface area contributed by atoms with Crippen LogP contribution in [0, 0.1) is 16.7 Å². The Balaban J connectivity index is 0.000000255. The largest absolute Gasteiger partial charge is 0.512 e. The smallest absolute Gasteiger partial charge is 0.212 e. The molecule has 0 radical (unpaired) electrons. The van der Waals surface area contributed by atoms with E-state index >= 15 is 0 Å². The van der Waals surface area contributed by atoms with Crippen LogP contribution in [0.3, 0.4) is 0 Å². The van der Waals surface area contributed by atoms with Crippen LogP contribution in [0.2, 0.25) is 19.6 Å². The van der Waals surface area contributed by atoms with Crippen molar-refractivity contribution in [1.82, 2.24) is 5.06 Å². The molecule has 1 heterocycles. The van der Waals surface area contributed by atoms with Crippen molar-refractivity contribution in [3.63, 3.8) is 0 Å². The lowest BCUT2D eigenvalue weighted by Crippen LogP contribution is -2.48. The van der Waals surface area contributed by atoms with E-state index < -0.39 is 8.32 Å². The zero-order valence-corrected chi connectivity index (χ0v) is 16.2. The molecule has 0 aromatic carbocycles. The molecule has 1 N–H and O–H groups in total. The molecule has 4 nitrogen and oxygen atoms in total. The quantitative estimate of drug-likeness (QED) is 0.743. The van der Waals surface area contributed by atoms with Crippen LogP contribution in [-0.4, -0.2) is 30.1 Å². The van der Waals surface area contributed by atoms with Gasteiger partial charge in [0, 0.05) is 11.0 Å². The maximum atomic E-state index is 9.12. The maximum Gasteiger partial charge on any atom is 0.212 e. The van der Waals surface area contributed by atoms with Crippen molar-refractivity contribution in [3.8, 4) is 6.07 Å². The van der Waals surface area contributed by atoms with E-state index in [1.54, 1.807) is 0 Å². The van der Waals surface area contributed by atoms with Crippen LogP contribution in [0.25, 0.3) is 0 Å². The zero-order chi connectivity index (χ0) is 17.2. The average Bonchev–Trinajstić information content (AvgIpc) is 2.80. The summed E-state index contributed by atoms with van der Waals surface area (Å²) in [5.41, 5.74) is 0.0840. The van der Waals surface area contributed by atoms with E-state index in [1.807, 2.05) is 11.1 Å². The van der Waals surface area contributed by atoms with Crippen LogP contribution < -0.4 is 0 Å². The molecule has 22 heavy (non-hydrogen) atoms. The minimum atomic E-state index is -1.59. The highest BCUT2D eigenvalue weighted by molar-refractivity contribution is 6.69. The molecule has 1 atom stereocenters. The fourth-order valence-corrected chi connectivity index (χ4v) is 3.68. The summed E-state index contributed by atoms with van der Waals surface area (Å²) in [5.74, 6) is 0.567. The van der Waals surface area contributed by atoms with Gasteiger partial charge in [-0.2, -0.15) is 10.3 Å². The summed E-state index contributed by atoms with van der Waals surface area (Å²) in [6.07, 6.45) is 6.00. The predicted octanol–water partition coefficient (Wildman–Crippen LogP) is 4.77. The Bertz CT molecular complexity index is 458. The molecule has 5 heteroatoms. The van der Waals surface area contributed by atoms with Crippen LogP contribution in [-0.2, 0) is 4.53 Å². The lowest BCUT2D eigenvalue weighted by molar-refractivity contribution is -0.130. The molecule has 1 unspecified atom stereocenters. The number of hydroxylamine groups is 2. The second kappa shape index (κ2) is 6.73. The third-order valence-corrected chi connectivity index (χ3v) is 4.98. The van der Waals surface area contributed by atoms with E-state index in [4.69, 9.17) is 14.9 Å². The van der Waals surface area contributed by atoms with Gasteiger partial charge < -0.3 is 9.63 Å². The topological polar surface area (TPSA) is 56.5 Å². The number of aliphatic hydroxyl groups excluding tert-OH is 1. The van der Waals surface area contributed by atoms with E-state index in [9.17, 15) is 0 Å². The number of allylic oxidation sites excluding steroid dienone is 2. The Morgan fingerprint density at radius 2 is 1.86 bits per heavy atom. The number of nitriles is 1. The summed E-state index contributed by atoms with van der Waals surface area (Å²) in [4.78, 5) is 0. The minimum Gasteiger partial charge on any atom is -0.512 e. The molecule has 2 rings (SSSR count). The van der Waals surface area contributed by atoms with E-state index in [0.29, 0.717) is 5.76 Å². The van der Waals surface area contributed by atoms with Gasteiger partial charge in [0.05, 0.1) is 11.8 Å². The first kappa shape index (κ1) is 19.2. The number of hydrogen-bond donors (Lipinski definition) is 1. The van der Waals surface area contributed by atoms with Crippen LogP contribution in [0.5, 0.6) is 0 Å². The molecule has 0 aromatic rings. The van der Waals surface area contributed by atoms with E-state index in [2.05, 4.69) is 53.4 Å². The predicted molar refractivity (Wildman–Crippen MR) is 92.7 cm³/mol. The molecule has 1 saturated heterocycles. The van der Waals surface area contributed by atoms with Gasteiger partial charge in [-0.1, -0.05) is 13.8 Å². The summed E-state index contributed by atoms with van der Waals surface area (Å²) in [5, 5.41) is 20.1. The summed E-state index contributed by atoms with van der Waals surface area (Å²) in [7, 11) is -1.59. The van der Waals surface area contributed by atoms with Crippen molar-refractivity contribution in [3.05, 3.63) is 11.8 Å². The van der Waals surface area contributed by atoms with Crippen molar-refractivity contribution < 1.29 is 9.63 Å². The second-order valence-corrected chi connectivity index (χ2v) is 12.9. The van der Waals surface area contributed by atoms with Gasteiger partial charge in [-0.25, -0.2) is 0 Å². The SMILES string of the molecule is CC1(C)CCC(C#N)N1O[Si](C)(C)C.CC1(C)CCC=C1O. The lowest BCUT2D eigenvalue weighted by Gasteiger charge is -2.37. The molecule has 0 aromatic heterocycles. The molecule has 0 bridgehead atoms. The lowest BCUT2D eigenvalue weighted by atomic mass is 9.92. The molecule has 2 aliphatic rings. The van der Waals surface area contributed by atoms with Crippen LogP contribution >= 0.6 is 0 Å². The zero-order valence-electron chi connectivity index (χ0n) is 15.2. The maximum absolute atomic E-state index is 9.12. The van der Waals surface area contributed by atoms with Gasteiger partial charge in [-0.3, -0.25) is 0 Å². The molecular formula is C17H32N2O2Si. The fraction of sp³-hybridized carbons (Fsp3) is 0.824. The Hall–Kier alpha value is -0.833. The van der Waals surface area contributed by atoms with Crippen molar-refractivity contribution in [1.29, 1.82) is 5.26 Å². The Morgan fingerprint density at radius 3 is 2.18 bits per heavy atom. The number of aliphatic hydroxyl groups is 1. The third kappa shape index (κ3) is 5.11. The molecule has 1 fully saturated rings. The van der Waals surface area contributed by atoms with E-state index in [0.717, 1.165) is 25.7 Å². The normalized spacial score (nSPS) is 26.8. The Kier molecular flexibility index (Phi) is 5.88. The van der Waals surface area contributed by atoms with Crippen LogP contribution in [0.1, 0.15) is 53.4 Å². The average molecular weight is 325 g/mol. The van der Waals surface area contributed by atoms with Gasteiger partial charge >= 0.3 is 0 Å². The number of rotatable bonds is 2. The Labute approximate surface area is 136 Å². The standard InChI is InChI=1S/C10H20N2OSi.C7H12O/c1-10(2)7-6-9(8-11)12(10)13-14(3,4)5;1-7(2)5-3-4-6(7)8/h9H,6-7H2,1-5H3;4,8H,3,5H2,1-2H3. The van der Waals surface area contributed by atoms with E-state index in [1.165, 1.54) is 0 Å². The molecular weight excluding hydrogens is 292 g/mol. The highest BCUT2D eigenvalue weighted by Crippen LogP contribution is 2.36.